The number of para-hydroxylation sites is 1. The molecule has 3 N–H and O–H groups in total. The van der Waals surface area contributed by atoms with Gasteiger partial charge >= 0.3 is 11.9 Å². The van der Waals surface area contributed by atoms with Crippen LogP contribution in [0.25, 0.3) is 0 Å². The monoisotopic (exact) mass is 436 g/mol. The van der Waals surface area contributed by atoms with Gasteiger partial charge in [0.2, 0.25) is 5.91 Å². The standard InChI is InChI=1S/C20H30N2O3.C2H2O4/c1-15-6-12-22(13-7-15)20(24)16-8-10-21(11-9-16)14-17-4-3-5-18(25-2)19(17)23;3-1(4)2(5)6/h3-5,15-16,23H,6-14H2,1-2H3;(H,3,4)(H,5,6). The molecule has 0 unspecified atom stereocenters. The third-order valence-electron chi connectivity index (χ3n) is 5.91. The molecule has 31 heavy (non-hydrogen) atoms. The zero-order chi connectivity index (χ0) is 23.0. The summed E-state index contributed by atoms with van der Waals surface area (Å²) in [7, 11) is 1.57. The maximum absolute atomic E-state index is 12.7. The van der Waals surface area contributed by atoms with Crippen LogP contribution in [0.3, 0.4) is 0 Å². The number of carbonyl (C=O) groups is 3. The maximum atomic E-state index is 12.7. The highest BCUT2D eigenvalue weighted by atomic mass is 16.5. The number of nitrogens with zero attached hydrogens (tertiary/aromatic N) is 2. The lowest BCUT2D eigenvalue weighted by molar-refractivity contribution is -0.159. The van der Waals surface area contributed by atoms with Crippen LogP contribution in [0, 0.1) is 11.8 Å². The fourth-order valence-electron chi connectivity index (χ4n) is 3.93. The lowest BCUT2D eigenvalue weighted by Crippen LogP contribution is -2.45. The molecule has 0 spiro atoms. The summed E-state index contributed by atoms with van der Waals surface area (Å²) in [5, 5.41) is 25.0. The fourth-order valence-corrected chi connectivity index (χ4v) is 3.93. The van der Waals surface area contributed by atoms with Gasteiger partial charge in [-0.25, -0.2) is 9.59 Å². The van der Waals surface area contributed by atoms with Crippen LogP contribution < -0.4 is 4.74 Å². The van der Waals surface area contributed by atoms with Gasteiger partial charge in [-0.05, 0) is 50.8 Å². The second-order valence-electron chi connectivity index (χ2n) is 8.14. The molecule has 9 nitrogen and oxygen atoms in total. The van der Waals surface area contributed by atoms with Gasteiger partial charge in [-0.15, -0.1) is 0 Å². The van der Waals surface area contributed by atoms with E-state index in [1.165, 1.54) is 0 Å². The third kappa shape index (κ3) is 7.13. The maximum Gasteiger partial charge on any atom is 0.414 e. The third-order valence-corrected chi connectivity index (χ3v) is 5.91. The molecule has 2 saturated heterocycles. The second kappa shape index (κ2) is 11.5. The van der Waals surface area contributed by atoms with E-state index in [-0.39, 0.29) is 11.7 Å². The van der Waals surface area contributed by atoms with Crippen LogP contribution >= 0.6 is 0 Å². The van der Waals surface area contributed by atoms with Gasteiger partial charge in [-0.1, -0.05) is 19.1 Å². The number of rotatable bonds is 4. The van der Waals surface area contributed by atoms with Crippen molar-refractivity contribution in [1.82, 2.24) is 9.80 Å². The molecule has 1 amide bonds. The van der Waals surface area contributed by atoms with Crippen molar-refractivity contribution in [2.45, 2.75) is 39.2 Å². The Balaban J connectivity index is 0.000000501. The summed E-state index contributed by atoms with van der Waals surface area (Å²) in [6, 6.07) is 5.61. The lowest BCUT2D eigenvalue weighted by atomic mass is 9.92. The predicted octanol–water partition coefficient (Wildman–Crippen LogP) is 2.03. The van der Waals surface area contributed by atoms with E-state index in [0.29, 0.717) is 18.2 Å². The summed E-state index contributed by atoms with van der Waals surface area (Å²) in [5.74, 6) is -1.63. The number of carboxylic acid groups (broad SMARTS) is 2. The van der Waals surface area contributed by atoms with Gasteiger partial charge in [0.25, 0.3) is 0 Å². The van der Waals surface area contributed by atoms with Gasteiger partial charge < -0.3 is 25.0 Å². The highest BCUT2D eigenvalue weighted by molar-refractivity contribution is 6.27. The topological polar surface area (TPSA) is 128 Å². The number of amides is 1. The fraction of sp³-hybridized carbons (Fsp3) is 0.591. The summed E-state index contributed by atoms with van der Waals surface area (Å²) in [5.41, 5.74) is 0.883. The molecule has 0 radical (unpaired) electrons. The first-order chi connectivity index (χ1) is 14.7. The molecule has 1 aromatic rings. The number of methoxy groups -OCH3 is 1. The van der Waals surface area contributed by atoms with Crippen molar-refractivity contribution in [2.24, 2.45) is 11.8 Å². The molecule has 2 aliphatic rings. The molecule has 0 atom stereocenters. The molecule has 172 valence electrons. The van der Waals surface area contributed by atoms with Gasteiger partial charge in [0.15, 0.2) is 11.5 Å². The predicted molar refractivity (Wildman–Crippen MR) is 113 cm³/mol. The molecule has 0 bridgehead atoms. The second-order valence-corrected chi connectivity index (χ2v) is 8.14. The summed E-state index contributed by atoms with van der Waals surface area (Å²) >= 11 is 0. The number of aliphatic carboxylic acids is 2. The molecule has 2 fully saturated rings. The molecule has 0 saturated carbocycles. The van der Waals surface area contributed by atoms with Gasteiger partial charge in [0.1, 0.15) is 0 Å². The van der Waals surface area contributed by atoms with E-state index in [1.54, 1.807) is 13.2 Å². The number of hydrogen-bond acceptors (Lipinski definition) is 6. The van der Waals surface area contributed by atoms with E-state index in [4.69, 9.17) is 24.5 Å². The van der Waals surface area contributed by atoms with Crippen LogP contribution in [0.2, 0.25) is 0 Å². The lowest BCUT2D eigenvalue weighted by Gasteiger charge is -2.36. The Morgan fingerprint density at radius 1 is 1.00 bits per heavy atom. The van der Waals surface area contributed by atoms with E-state index in [2.05, 4.69) is 16.7 Å². The summed E-state index contributed by atoms with van der Waals surface area (Å²) in [6.45, 7) is 6.63. The molecule has 2 aliphatic heterocycles. The summed E-state index contributed by atoms with van der Waals surface area (Å²) < 4.78 is 5.18. The van der Waals surface area contributed by atoms with E-state index >= 15 is 0 Å². The first-order valence-electron chi connectivity index (χ1n) is 10.5. The van der Waals surface area contributed by atoms with Crippen LogP contribution in [0.15, 0.2) is 18.2 Å². The van der Waals surface area contributed by atoms with Crippen LogP contribution in [0.5, 0.6) is 11.5 Å². The Morgan fingerprint density at radius 2 is 1.58 bits per heavy atom. The molecule has 0 aliphatic carbocycles. The zero-order valence-electron chi connectivity index (χ0n) is 18.1. The summed E-state index contributed by atoms with van der Waals surface area (Å²) in [4.78, 5) is 35.3. The number of piperidine rings is 2. The van der Waals surface area contributed by atoms with Crippen molar-refractivity contribution in [3.8, 4) is 11.5 Å². The van der Waals surface area contributed by atoms with Crippen LogP contribution in [0.1, 0.15) is 38.2 Å². The first-order valence-corrected chi connectivity index (χ1v) is 10.5. The highest BCUT2D eigenvalue weighted by Crippen LogP contribution is 2.31. The SMILES string of the molecule is COc1cccc(CN2CCC(C(=O)N3CCC(C)CC3)CC2)c1O.O=C(O)C(=O)O. The van der Waals surface area contributed by atoms with Gasteiger partial charge in [-0.2, -0.15) is 0 Å². The number of phenols is 1. The van der Waals surface area contributed by atoms with Crippen molar-refractivity contribution < 1.29 is 34.4 Å². The number of hydrogen-bond donors (Lipinski definition) is 3. The number of phenolic OH excluding ortho intramolecular Hbond substituents is 1. The number of ether oxygens (including phenoxy) is 1. The Kier molecular flexibility index (Phi) is 9.11. The van der Waals surface area contributed by atoms with Crippen LogP contribution in [-0.2, 0) is 20.9 Å². The van der Waals surface area contributed by atoms with Crippen molar-refractivity contribution in [3.05, 3.63) is 23.8 Å². The van der Waals surface area contributed by atoms with E-state index in [9.17, 15) is 9.90 Å². The Morgan fingerprint density at radius 3 is 2.10 bits per heavy atom. The van der Waals surface area contributed by atoms with Gasteiger partial charge in [0, 0.05) is 31.1 Å². The van der Waals surface area contributed by atoms with E-state index in [0.717, 1.165) is 63.3 Å². The number of aromatic hydroxyl groups is 1. The van der Waals surface area contributed by atoms with E-state index < -0.39 is 11.9 Å². The zero-order valence-corrected chi connectivity index (χ0v) is 18.1. The van der Waals surface area contributed by atoms with Crippen molar-refractivity contribution in [2.75, 3.05) is 33.3 Å². The molecule has 0 aromatic heterocycles. The average Bonchev–Trinajstić information content (AvgIpc) is 2.76. The summed E-state index contributed by atoms with van der Waals surface area (Å²) in [6.07, 6.45) is 4.10. The quantitative estimate of drug-likeness (QED) is 0.612. The Bertz CT molecular complexity index is 755. The largest absolute Gasteiger partial charge is 0.504 e. The van der Waals surface area contributed by atoms with Crippen LogP contribution in [0.4, 0.5) is 0 Å². The minimum atomic E-state index is -1.82. The number of carboxylic acids is 2. The van der Waals surface area contributed by atoms with Crippen molar-refractivity contribution in [1.29, 1.82) is 0 Å². The smallest absolute Gasteiger partial charge is 0.414 e. The van der Waals surface area contributed by atoms with Crippen molar-refractivity contribution >= 4 is 17.8 Å². The molecule has 1 aromatic carbocycles. The minimum Gasteiger partial charge on any atom is -0.504 e. The van der Waals surface area contributed by atoms with Crippen molar-refractivity contribution in [3.63, 3.8) is 0 Å². The number of carbonyl (C=O) groups excluding carboxylic acids is 1. The van der Waals surface area contributed by atoms with E-state index in [1.807, 2.05) is 12.1 Å². The van der Waals surface area contributed by atoms with Gasteiger partial charge in [-0.3, -0.25) is 9.69 Å². The molecule has 3 rings (SSSR count). The highest BCUT2D eigenvalue weighted by Gasteiger charge is 2.30. The molecule has 9 heteroatoms. The molecule has 2 heterocycles. The Labute approximate surface area is 182 Å². The Hall–Kier alpha value is -2.81. The molecular weight excluding hydrogens is 404 g/mol. The normalized spacial score (nSPS) is 18.1. The number of benzene rings is 1. The molecular formula is C22H32N2O7. The minimum absolute atomic E-state index is 0.170. The van der Waals surface area contributed by atoms with Crippen LogP contribution in [-0.4, -0.2) is 76.3 Å². The van der Waals surface area contributed by atoms with Gasteiger partial charge in [0.05, 0.1) is 7.11 Å². The average molecular weight is 437 g/mol. The number of likely N-dealkylation sites (tertiary alicyclic amines) is 2. The first kappa shape index (κ1) is 24.5.